The van der Waals surface area contributed by atoms with Crippen molar-refractivity contribution in [3.05, 3.63) is 118 Å². The van der Waals surface area contributed by atoms with Crippen LogP contribution in [0.25, 0.3) is 0 Å². The van der Waals surface area contributed by atoms with Gasteiger partial charge in [-0.3, -0.25) is 9.97 Å². The van der Waals surface area contributed by atoms with Crippen molar-refractivity contribution in [2.75, 3.05) is 0 Å². The summed E-state index contributed by atoms with van der Waals surface area (Å²) >= 11 is 0. The quantitative estimate of drug-likeness (QED) is 0.201. The first-order valence-electron chi connectivity index (χ1n) is 12.6. The molecule has 0 atom stereocenters. The molecule has 0 radical (unpaired) electrons. The van der Waals surface area contributed by atoms with Crippen molar-refractivity contribution in [1.29, 1.82) is 0 Å². The van der Waals surface area contributed by atoms with E-state index in [2.05, 4.69) is 114 Å². The molecule has 0 amide bonds. The molecule has 5 rings (SSSR count). The number of nitrogens with zero attached hydrogens (tertiary/aromatic N) is 4. The monoisotopic (exact) mass is 669 g/mol. The molecule has 37 heavy (non-hydrogen) atoms. The van der Waals surface area contributed by atoms with Gasteiger partial charge in [0, 0.05) is 44.4 Å². The van der Waals surface area contributed by atoms with Gasteiger partial charge < -0.3 is 9.97 Å². The Morgan fingerprint density at radius 1 is 0.459 bits per heavy atom. The van der Waals surface area contributed by atoms with E-state index in [1.54, 1.807) is 0 Å². The Kier molecular flexibility index (Phi) is 6.82. The van der Waals surface area contributed by atoms with Crippen LogP contribution in [0.15, 0.2) is 61.2 Å². The second-order valence-corrected chi connectivity index (χ2v) is 12.0. The summed E-state index contributed by atoms with van der Waals surface area (Å²) in [5, 5.41) is 0. The van der Waals surface area contributed by atoms with Crippen molar-refractivity contribution in [1.82, 2.24) is 19.9 Å². The molecule has 0 spiro atoms. The van der Waals surface area contributed by atoms with Crippen LogP contribution < -0.4 is 0 Å². The van der Waals surface area contributed by atoms with Gasteiger partial charge in [0.1, 0.15) is 0 Å². The minimum absolute atomic E-state index is 0. The van der Waals surface area contributed by atoms with E-state index >= 15 is 0 Å². The van der Waals surface area contributed by atoms with Crippen LogP contribution in [0.2, 0.25) is 0 Å². The molecule has 0 N–H and O–H groups in total. The van der Waals surface area contributed by atoms with Gasteiger partial charge in [-0.25, -0.2) is 0 Å². The first kappa shape index (κ1) is 27.3. The van der Waals surface area contributed by atoms with Crippen LogP contribution >= 0.6 is 0 Å². The Morgan fingerprint density at radius 2 is 0.703 bits per heavy atom. The summed E-state index contributed by atoms with van der Waals surface area (Å²) in [5.41, 5.74) is 6.43. The van der Waals surface area contributed by atoms with Gasteiger partial charge in [-0.1, -0.05) is 92.3 Å². The zero-order valence-electron chi connectivity index (χ0n) is 22.9. The number of fused-ring (bicyclic) bond motifs is 8. The fourth-order valence-electron chi connectivity index (χ4n) is 4.88. The van der Waals surface area contributed by atoms with E-state index in [-0.39, 0.29) is 42.7 Å². The number of hydrogen-bond donors (Lipinski definition) is 0. The molecule has 4 aromatic heterocycles. The Morgan fingerprint density at radius 3 is 0.946 bits per heavy atom. The van der Waals surface area contributed by atoms with Crippen molar-refractivity contribution in [2.45, 2.75) is 77.0 Å². The summed E-state index contributed by atoms with van der Waals surface area (Å²) in [6.07, 6.45) is 7.65. The average Bonchev–Trinajstić information content (AvgIpc) is 2.88. The van der Waals surface area contributed by atoms with Gasteiger partial charge in [-0.2, -0.15) is 12.1 Å². The molecular formula is C32H34N4Pt. The summed E-state index contributed by atoms with van der Waals surface area (Å²) in [6.45, 7) is 17.5. The number of aromatic nitrogens is 4. The minimum atomic E-state index is -0.386. The molecule has 1 aliphatic heterocycles. The first-order chi connectivity index (χ1) is 16.8. The molecule has 0 unspecified atom stereocenters. The fraction of sp³-hybridized carbons (Fsp3) is 0.375. The molecule has 0 saturated heterocycles. The van der Waals surface area contributed by atoms with Crippen LogP contribution in [0, 0.1) is 12.1 Å². The number of hydrogen-bond acceptors (Lipinski definition) is 4. The Bertz CT molecular complexity index is 1150. The summed E-state index contributed by atoms with van der Waals surface area (Å²) < 4.78 is 0. The van der Waals surface area contributed by atoms with Gasteiger partial charge in [0.25, 0.3) is 0 Å². The van der Waals surface area contributed by atoms with Crippen LogP contribution in [0.3, 0.4) is 0 Å². The second kappa shape index (κ2) is 9.24. The van der Waals surface area contributed by atoms with E-state index in [4.69, 9.17) is 9.97 Å². The molecular weight excluding hydrogens is 635 g/mol. The predicted octanol–water partition coefficient (Wildman–Crippen LogP) is 6.48. The Labute approximate surface area is 235 Å². The number of pyridine rings is 4. The fourth-order valence-corrected chi connectivity index (χ4v) is 4.88. The van der Waals surface area contributed by atoms with Crippen molar-refractivity contribution >= 4 is 0 Å². The summed E-state index contributed by atoms with van der Waals surface area (Å²) in [7, 11) is 0. The van der Waals surface area contributed by atoms with Gasteiger partial charge in [0.05, 0.1) is 0 Å². The standard InChI is InChI=1S/C32H34N4.Pt/c1-29(2)21-15-22(18-33-17-21)30(3,4)27-13-10-14-28(36-27)32(7,8)24-16-23(19-34-20-24)31(5,6)26-12-9-11-25(29)35-26;/h9-14,17-20H,1-8H3;/q-2;+2. The first-order valence-corrected chi connectivity index (χ1v) is 12.6. The molecule has 1 aliphatic rings. The molecule has 8 bridgehead atoms. The topological polar surface area (TPSA) is 51.6 Å². The van der Waals surface area contributed by atoms with Crippen LogP contribution in [-0.4, -0.2) is 19.9 Å². The van der Waals surface area contributed by atoms with E-state index in [9.17, 15) is 0 Å². The molecule has 5 heteroatoms. The van der Waals surface area contributed by atoms with E-state index in [1.165, 1.54) is 0 Å². The second-order valence-electron chi connectivity index (χ2n) is 12.0. The molecule has 5 heterocycles. The maximum absolute atomic E-state index is 5.20. The molecule has 0 saturated carbocycles. The predicted molar refractivity (Wildman–Crippen MR) is 143 cm³/mol. The van der Waals surface area contributed by atoms with Gasteiger partial charge in [0.15, 0.2) is 0 Å². The van der Waals surface area contributed by atoms with Crippen molar-refractivity contribution in [3.63, 3.8) is 0 Å². The zero-order chi connectivity index (χ0) is 25.9. The van der Waals surface area contributed by atoms with Gasteiger partial charge in [-0.05, 0) is 24.3 Å². The summed E-state index contributed by atoms with van der Waals surface area (Å²) in [4.78, 5) is 19.7. The van der Waals surface area contributed by atoms with Crippen molar-refractivity contribution < 1.29 is 21.1 Å². The van der Waals surface area contributed by atoms with Crippen LogP contribution in [0.1, 0.15) is 100 Å². The maximum Gasteiger partial charge on any atom is 2.00 e. The molecule has 4 nitrogen and oxygen atoms in total. The van der Waals surface area contributed by atoms with E-state index < -0.39 is 0 Å². The smallest absolute Gasteiger partial charge is 0.390 e. The van der Waals surface area contributed by atoms with Crippen molar-refractivity contribution in [2.24, 2.45) is 0 Å². The average molecular weight is 670 g/mol. The summed E-state index contributed by atoms with van der Waals surface area (Å²) in [5.74, 6) is 0. The normalized spacial score (nSPS) is 18.4. The minimum Gasteiger partial charge on any atom is -0.390 e. The van der Waals surface area contributed by atoms with E-state index in [1.807, 2.05) is 24.8 Å². The third kappa shape index (κ3) is 4.48. The Balaban J connectivity index is 0.00000320. The SMILES string of the molecule is CC1(C)c2[c-]c(cnc2)C(C)(C)c2cccc(n2)C(C)(C)c2[c-]c(cnc2)C(C)(C)c2cccc1n2.[Pt+2]. The molecule has 0 aliphatic carbocycles. The van der Waals surface area contributed by atoms with Gasteiger partial charge in [-0.15, -0.1) is 22.3 Å². The van der Waals surface area contributed by atoms with Gasteiger partial charge >= 0.3 is 21.1 Å². The van der Waals surface area contributed by atoms with E-state index in [0.717, 1.165) is 45.0 Å². The van der Waals surface area contributed by atoms with Crippen LogP contribution in [0.4, 0.5) is 0 Å². The number of rotatable bonds is 0. The van der Waals surface area contributed by atoms with Gasteiger partial charge in [0.2, 0.25) is 0 Å². The maximum atomic E-state index is 5.20. The van der Waals surface area contributed by atoms with Crippen LogP contribution in [0.5, 0.6) is 0 Å². The third-order valence-electron chi connectivity index (χ3n) is 8.11. The summed E-state index contributed by atoms with van der Waals surface area (Å²) in [6, 6.07) is 20.0. The Hall–Kier alpha value is -2.71. The largest absolute Gasteiger partial charge is 2.00 e. The molecule has 192 valence electrons. The van der Waals surface area contributed by atoms with Crippen LogP contribution in [-0.2, 0) is 42.7 Å². The van der Waals surface area contributed by atoms with Crippen molar-refractivity contribution in [3.8, 4) is 0 Å². The molecule has 0 aromatic carbocycles. The zero-order valence-corrected chi connectivity index (χ0v) is 25.2. The molecule has 0 fully saturated rings. The third-order valence-corrected chi connectivity index (χ3v) is 8.11. The van der Waals surface area contributed by atoms with E-state index in [0.29, 0.717) is 0 Å². The molecule has 4 aromatic rings.